The Morgan fingerprint density at radius 2 is 2.16 bits per heavy atom. The number of rotatable bonds is 1. The maximum Gasteiger partial charge on any atom is 0.280 e. The number of guanidine groups is 1. The van der Waals surface area contributed by atoms with Crippen LogP contribution in [0.15, 0.2) is 27.1 Å². The van der Waals surface area contributed by atoms with Crippen molar-refractivity contribution in [2.45, 2.75) is 33.6 Å². The molecule has 4 nitrogen and oxygen atoms in total. The second kappa shape index (κ2) is 5.04. The summed E-state index contributed by atoms with van der Waals surface area (Å²) in [5.41, 5.74) is 12.7. The number of aliphatic imine (C=N–C) groups is 1. The van der Waals surface area contributed by atoms with Crippen molar-refractivity contribution in [2.24, 2.45) is 27.8 Å². The topological polar surface area (TPSA) is 81.5 Å². The lowest BCUT2D eigenvalue weighted by Gasteiger charge is -2.38. The van der Waals surface area contributed by atoms with E-state index < -0.39 is 0 Å². The van der Waals surface area contributed by atoms with Gasteiger partial charge in [0.15, 0.2) is 5.96 Å². The van der Waals surface area contributed by atoms with E-state index in [4.69, 9.17) is 11.5 Å². The Morgan fingerprint density at radius 3 is 2.79 bits per heavy atom. The van der Waals surface area contributed by atoms with E-state index in [9.17, 15) is 4.79 Å². The minimum Gasteiger partial charge on any atom is -0.370 e. The molecule has 0 aromatic rings. The molecule has 2 aliphatic rings. The second-order valence-corrected chi connectivity index (χ2v) is 7.19. The Labute approximate surface area is 118 Å². The van der Waals surface area contributed by atoms with Crippen molar-refractivity contribution in [3.8, 4) is 0 Å². The molecule has 0 aromatic heterocycles. The van der Waals surface area contributed by atoms with Gasteiger partial charge < -0.3 is 11.5 Å². The highest BCUT2D eigenvalue weighted by molar-refractivity contribution is 8.03. The molecule has 0 bridgehead atoms. The number of fused-ring (bicyclic) bond motifs is 1. The summed E-state index contributed by atoms with van der Waals surface area (Å²) in [5.74, 6) is 1.14. The summed E-state index contributed by atoms with van der Waals surface area (Å²) in [4.78, 5) is 16.9. The molecule has 2 rings (SSSR count). The van der Waals surface area contributed by atoms with Crippen LogP contribution in [0.1, 0.15) is 33.6 Å². The van der Waals surface area contributed by atoms with Gasteiger partial charge in [0.2, 0.25) is 0 Å². The third kappa shape index (κ3) is 3.21. The first-order valence-corrected chi connectivity index (χ1v) is 7.45. The first-order chi connectivity index (χ1) is 8.78. The van der Waals surface area contributed by atoms with E-state index in [2.05, 4.69) is 18.8 Å². The average molecular weight is 279 g/mol. The molecule has 1 unspecified atom stereocenters. The molecule has 1 aliphatic heterocycles. The lowest BCUT2D eigenvalue weighted by molar-refractivity contribution is -0.114. The third-order valence-corrected chi connectivity index (χ3v) is 5.30. The molecule has 1 atom stereocenters. The van der Waals surface area contributed by atoms with Crippen molar-refractivity contribution >= 4 is 23.6 Å². The van der Waals surface area contributed by atoms with E-state index in [1.54, 1.807) is 0 Å². The van der Waals surface area contributed by atoms with Crippen LogP contribution in [0.2, 0.25) is 0 Å². The molecule has 4 N–H and O–H groups in total. The van der Waals surface area contributed by atoms with E-state index in [0.717, 1.165) is 17.7 Å². The fourth-order valence-electron chi connectivity index (χ4n) is 2.72. The largest absolute Gasteiger partial charge is 0.370 e. The maximum absolute atomic E-state index is 12.0. The van der Waals surface area contributed by atoms with Crippen molar-refractivity contribution in [1.82, 2.24) is 0 Å². The Balaban J connectivity index is 2.24. The highest BCUT2D eigenvalue weighted by atomic mass is 32.2. The lowest BCUT2D eigenvalue weighted by Crippen LogP contribution is -2.28. The van der Waals surface area contributed by atoms with Gasteiger partial charge in [0.05, 0.1) is 0 Å². The molecular formula is C14H21N3OS. The molecule has 0 saturated carbocycles. The van der Waals surface area contributed by atoms with Crippen LogP contribution in [-0.2, 0) is 4.79 Å². The van der Waals surface area contributed by atoms with Crippen LogP contribution in [0, 0.1) is 11.3 Å². The third-order valence-electron chi connectivity index (χ3n) is 3.59. The van der Waals surface area contributed by atoms with Gasteiger partial charge in [0.25, 0.3) is 5.91 Å². The summed E-state index contributed by atoms with van der Waals surface area (Å²) >= 11 is 1.86. The fraction of sp³-hybridized carbons (Fsp3) is 0.571. The Morgan fingerprint density at radius 1 is 1.47 bits per heavy atom. The predicted molar refractivity (Wildman–Crippen MR) is 80.6 cm³/mol. The van der Waals surface area contributed by atoms with Crippen molar-refractivity contribution in [3.63, 3.8) is 0 Å². The summed E-state index contributed by atoms with van der Waals surface area (Å²) in [6.07, 6.45) is 4.09. The van der Waals surface area contributed by atoms with Crippen molar-refractivity contribution in [2.75, 3.05) is 5.75 Å². The van der Waals surface area contributed by atoms with Crippen LogP contribution in [0.5, 0.6) is 0 Å². The smallest absolute Gasteiger partial charge is 0.280 e. The van der Waals surface area contributed by atoms with Gasteiger partial charge in [-0.2, -0.15) is 4.99 Å². The number of nitrogens with two attached hydrogens (primary N) is 2. The first kappa shape index (κ1) is 14.2. The molecule has 0 radical (unpaired) electrons. The number of nitrogens with zero attached hydrogens (tertiary/aromatic N) is 1. The normalized spacial score (nSPS) is 25.4. The van der Waals surface area contributed by atoms with Gasteiger partial charge in [-0.1, -0.05) is 19.4 Å². The summed E-state index contributed by atoms with van der Waals surface area (Å²) in [6.45, 7) is 6.60. The summed E-state index contributed by atoms with van der Waals surface area (Å²) < 4.78 is 0. The zero-order chi connectivity index (χ0) is 14.2. The van der Waals surface area contributed by atoms with Gasteiger partial charge in [0, 0.05) is 11.3 Å². The lowest BCUT2D eigenvalue weighted by atomic mass is 9.78. The minimum atomic E-state index is -0.325. The van der Waals surface area contributed by atoms with Crippen LogP contribution < -0.4 is 11.5 Å². The van der Waals surface area contributed by atoms with Crippen LogP contribution in [0.25, 0.3) is 0 Å². The molecule has 19 heavy (non-hydrogen) atoms. The van der Waals surface area contributed by atoms with Crippen LogP contribution >= 0.6 is 11.8 Å². The number of allylic oxidation sites excluding steroid dienone is 2. The Kier molecular flexibility index (Phi) is 3.76. The van der Waals surface area contributed by atoms with Gasteiger partial charge in [0.1, 0.15) is 0 Å². The van der Waals surface area contributed by atoms with E-state index in [-0.39, 0.29) is 11.9 Å². The molecular weight excluding hydrogens is 258 g/mol. The molecule has 1 saturated heterocycles. The van der Waals surface area contributed by atoms with Gasteiger partial charge >= 0.3 is 0 Å². The highest BCUT2D eigenvalue weighted by Gasteiger charge is 2.34. The highest BCUT2D eigenvalue weighted by Crippen LogP contribution is 2.48. The SMILES string of the molecule is CC1=C(C(=O)N=C(N)N)C=C2SCC(C)(C)CC2C1. The standard InChI is InChI=1S/C14H21N3OS/c1-8-4-9-6-14(2,3)7-19-11(9)5-10(8)12(18)17-13(15)16/h5,9H,4,6-7H2,1-3H3,(H4,15,16,17,18). The Hall–Kier alpha value is -1.23. The van der Waals surface area contributed by atoms with Crippen molar-refractivity contribution in [3.05, 3.63) is 22.1 Å². The quantitative estimate of drug-likeness (QED) is 0.569. The average Bonchev–Trinajstić information content (AvgIpc) is 2.25. The van der Waals surface area contributed by atoms with Crippen molar-refractivity contribution < 1.29 is 4.79 Å². The molecule has 1 fully saturated rings. The van der Waals surface area contributed by atoms with E-state index in [1.165, 1.54) is 11.3 Å². The number of thioether (sulfide) groups is 1. The van der Waals surface area contributed by atoms with Gasteiger partial charge in [-0.15, -0.1) is 11.8 Å². The maximum atomic E-state index is 12.0. The van der Waals surface area contributed by atoms with E-state index in [0.29, 0.717) is 16.9 Å². The van der Waals surface area contributed by atoms with Crippen LogP contribution in [0.3, 0.4) is 0 Å². The molecule has 1 heterocycles. The summed E-state index contributed by atoms with van der Waals surface area (Å²) in [5, 5.41) is 0. The van der Waals surface area contributed by atoms with E-state index >= 15 is 0 Å². The van der Waals surface area contributed by atoms with Crippen LogP contribution in [-0.4, -0.2) is 17.6 Å². The number of hydrogen-bond acceptors (Lipinski definition) is 2. The molecule has 104 valence electrons. The summed E-state index contributed by atoms with van der Waals surface area (Å²) in [6, 6.07) is 0. The van der Waals surface area contributed by atoms with Crippen LogP contribution in [0.4, 0.5) is 0 Å². The molecule has 1 aliphatic carbocycles. The Bertz CT molecular complexity index is 499. The van der Waals surface area contributed by atoms with E-state index in [1.807, 2.05) is 24.8 Å². The molecule has 1 amide bonds. The number of amides is 1. The van der Waals surface area contributed by atoms with Gasteiger partial charge in [-0.05, 0) is 42.1 Å². The minimum absolute atomic E-state index is 0.178. The predicted octanol–water partition coefficient (Wildman–Crippen LogP) is 2.17. The number of carbonyl (C=O) groups excluding carboxylic acids is 1. The van der Waals surface area contributed by atoms with Crippen molar-refractivity contribution in [1.29, 1.82) is 0 Å². The zero-order valence-electron chi connectivity index (χ0n) is 11.7. The molecule has 0 aromatic carbocycles. The zero-order valence-corrected chi connectivity index (χ0v) is 12.5. The van der Waals surface area contributed by atoms with Gasteiger partial charge in [-0.3, -0.25) is 4.79 Å². The number of hydrogen-bond donors (Lipinski definition) is 2. The molecule has 5 heteroatoms. The van der Waals surface area contributed by atoms with Gasteiger partial charge in [-0.25, -0.2) is 0 Å². The molecule has 0 spiro atoms. The summed E-state index contributed by atoms with van der Waals surface area (Å²) in [7, 11) is 0. The monoisotopic (exact) mass is 279 g/mol. The fourth-order valence-corrected chi connectivity index (χ4v) is 4.00. The second-order valence-electron chi connectivity index (χ2n) is 6.14. The first-order valence-electron chi connectivity index (χ1n) is 6.46. The number of carbonyl (C=O) groups is 1.